The van der Waals surface area contributed by atoms with Crippen LogP contribution in [0.25, 0.3) is 0 Å². The van der Waals surface area contributed by atoms with Gasteiger partial charge >= 0.3 is 0 Å². The minimum absolute atomic E-state index is 0.0733. The van der Waals surface area contributed by atoms with E-state index in [1.165, 1.54) is 0 Å². The Labute approximate surface area is 86.6 Å². The molecule has 0 saturated carbocycles. The number of aryl methyl sites for hydroxylation is 1. The van der Waals surface area contributed by atoms with Gasteiger partial charge in [0.2, 0.25) is 0 Å². The van der Waals surface area contributed by atoms with Gasteiger partial charge in [-0.15, -0.1) is 0 Å². The predicted octanol–water partition coefficient (Wildman–Crippen LogP) is 3.88. The number of hydrogen-bond donors (Lipinski definition) is 1. The van der Waals surface area contributed by atoms with Crippen LogP contribution in [0.4, 0.5) is 0 Å². The second-order valence-electron chi connectivity index (χ2n) is 2.15. The fourth-order valence-electron chi connectivity index (χ4n) is 0.704. The van der Waals surface area contributed by atoms with Gasteiger partial charge in [-0.2, -0.15) is 0 Å². The van der Waals surface area contributed by atoms with E-state index < -0.39 is 0 Å². The zero-order chi connectivity index (χ0) is 8.59. The predicted molar refractivity (Wildman–Crippen MR) is 53.3 cm³/mol. The number of halogens is 3. The number of aromatic hydroxyl groups is 1. The Morgan fingerprint density at radius 3 is 2.55 bits per heavy atom. The number of phenolic OH excluding ortho intramolecular Hbond substituents is 1. The van der Waals surface area contributed by atoms with Crippen molar-refractivity contribution in [2.75, 3.05) is 0 Å². The molecular weight excluding hydrogens is 295 g/mol. The summed E-state index contributed by atoms with van der Waals surface area (Å²) < 4.78 is 1.35. The lowest BCUT2D eigenvalue weighted by atomic mass is 10.2. The van der Waals surface area contributed by atoms with E-state index in [-0.39, 0.29) is 5.75 Å². The number of benzene rings is 1. The Morgan fingerprint density at radius 2 is 2.00 bits per heavy atom. The summed E-state index contributed by atoms with van der Waals surface area (Å²) in [7, 11) is 0. The first-order valence-corrected chi connectivity index (χ1v) is 4.83. The van der Waals surface area contributed by atoms with Crippen LogP contribution in [0.2, 0.25) is 5.02 Å². The quantitative estimate of drug-likeness (QED) is 0.721. The fourth-order valence-corrected chi connectivity index (χ4v) is 1.91. The zero-order valence-electron chi connectivity index (χ0n) is 5.66. The molecule has 0 aliphatic carbocycles. The maximum absolute atomic E-state index is 9.30. The zero-order valence-corrected chi connectivity index (χ0v) is 9.59. The molecule has 1 nitrogen and oxygen atoms in total. The Kier molecular flexibility index (Phi) is 2.84. The molecule has 11 heavy (non-hydrogen) atoms. The van der Waals surface area contributed by atoms with Crippen molar-refractivity contribution in [3.05, 3.63) is 25.6 Å². The van der Waals surface area contributed by atoms with E-state index in [1.807, 2.05) is 6.92 Å². The monoisotopic (exact) mass is 298 g/mol. The highest BCUT2D eigenvalue weighted by molar-refractivity contribution is 9.11. The molecule has 1 aromatic carbocycles. The third kappa shape index (κ3) is 1.71. The van der Waals surface area contributed by atoms with E-state index in [2.05, 4.69) is 31.9 Å². The third-order valence-electron chi connectivity index (χ3n) is 1.32. The molecule has 0 amide bonds. The Bertz CT molecular complexity index is 273. The molecule has 4 heteroatoms. The molecule has 0 radical (unpaired) electrons. The van der Waals surface area contributed by atoms with Crippen LogP contribution >= 0.6 is 43.5 Å². The van der Waals surface area contributed by atoms with Gasteiger partial charge < -0.3 is 5.11 Å². The fraction of sp³-hybridized carbons (Fsp3) is 0.143. The second kappa shape index (κ2) is 3.33. The lowest BCUT2D eigenvalue weighted by molar-refractivity contribution is 0.471. The largest absolute Gasteiger partial charge is 0.505 e. The lowest BCUT2D eigenvalue weighted by Gasteiger charge is -2.04. The molecule has 0 unspecified atom stereocenters. The molecule has 1 aromatic rings. The van der Waals surface area contributed by atoms with Crippen LogP contribution in [0.1, 0.15) is 5.56 Å². The first-order valence-electron chi connectivity index (χ1n) is 2.87. The van der Waals surface area contributed by atoms with Crippen LogP contribution in [0.3, 0.4) is 0 Å². The molecule has 60 valence electrons. The summed E-state index contributed by atoms with van der Waals surface area (Å²) in [5, 5.41) is 9.65. The molecule has 0 saturated heterocycles. The van der Waals surface area contributed by atoms with E-state index in [0.29, 0.717) is 9.50 Å². The van der Waals surface area contributed by atoms with Crippen molar-refractivity contribution >= 4 is 43.5 Å². The standard InChI is InChI=1S/C7H5Br2ClO/c1-3-2-4(8)7(11)6(10)5(3)9/h2,11H,1H3. The topological polar surface area (TPSA) is 20.2 Å². The van der Waals surface area contributed by atoms with Gasteiger partial charge in [0.15, 0.2) is 0 Å². The van der Waals surface area contributed by atoms with E-state index in [9.17, 15) is 5.11 Å². The van der Waals surface area contributed by atoms with Crippen molar-refractivity contribution in [1.29, 1.82) is 0 Å². The van der Waals surface area contributed by atoms with Gasteiger partial charge in [0.05, 0.1) is 9.50 Å². The average Bonchev–Trinajstić information content (AvgIpc) is 1.97. The number of phenols is 1. The minimum Gasteiger partial charge on any atom is -0.505 e. The van der Waals surface area contributed by atoms with Crippen LogP contribution in [0, 0.1) is 6.92 Å². The number of rotatable bonds is 0. The van der Waals surface area contributed by atoms with Gasteiger partial charge in [-0.05, 0) is 50.4 Å². The summed E-state index contributed by atoms with van der Waals surface area (Å²) in [5.74, 6) is 0.0733. The van der Waals surface area contributed by atoms with Crippen molar-refractivity contribution < 1.29 is 5.11 Å². The normalized spacial score (nSPS) is 10.2. The van der Waals surface area contributed by atoms with Crippen LogP contribution < -0.4 is 0 Å². The molecule has 0 aliphatic rings. The smallest absolute Gasteiger partial charge is 0.149 e. The van der Waals surface area contributed by atoms with Crippen LogP contribution in [0.5, 0.6) is 5.75 Å². The van der Waals surface area contributed by atoms with Crippen LogP contribution in [0.15, 0.2) is 15.0 Å². The number of hydrogen-bond acceptors (Lipinski definition) is 1. The van der Waals surface area contributed by atoms with E-state index in [4.69, 9.17) is 11.6 Å². The van der Waals surface area contributed by atoms with E-state index >= 15 is 0 Å². The summed E-state index contributed by atoms with van der Waals surface area (Å²) >= 11 is 12.2. The SMILES string of the molecule is Cc1cc(Br)c(O)c(Cl)c1Br. The third-order valence-corrected chi connectivity index (χ3v) is 3.54. The second-order valence-corrected chi connectivity index (χ2v) is 4.18. The molecule has 0 bridgehead atoms. The Hall–Kier alpha value is 0.270. The molecule has 0 heterocycles. The molecule has 1 N–H and O–H groups in total. The minimum atomic E-state index is 0.0733. The van der Waals surface area contributed by atoms with Gasteiger partial charge in [-0.1, -0.05) is 11.6 Å². The summed E-state index contributed by atoms with van der Waals surface area (Å²) in [6.45, 7) is 1.90. The lowest BCUT2D eigenvalue weighted by Crippen LogP contribution is -1.79. The van der Waals surface area contributed by atoms with Crippen molar-refractivity contribution in [2.24, 2.45) is 0 Å². The van der Waals surface area contributed by atoms with Gasteiger partial charge in [0.25, 0.3) is 0 Å². The van der Waals surface area contributed by atoms with Crippen molar-refractivity contribution in [3.63, 3.8) is 0 Å². The first kappa shape index (κ1) is 9.36. The molecule has 0 spiro atoms. The summed E-state index contributed by atoms with van der Waals surface area (Å²) in [6, 6.07) is 1.80. The van der Waals surface area contributed by atoms with Gasteiger partial charge in [0.1, 0.15) is 5.75 Å². The Balaban J connectivity index is 3.46. The molecule has 0 atom stereocenters. The highest BCUT2D eigenvalue weighted by atomic mass is 79.9. The molecule has 0 fully saturated rings. The van der Waals surface area contributed by atoms with E-state index in [1.54, 1.807) is 6.07 Å². The van der Waals surface area contributed by atoms with E-state index in [0.717, 1.165) is 10.0 Å². The van der Waals surface area contributed by atoms with Gasteiger partial charge in [-0.25, -0.2) is 0 Å². The molecular formula is C7H5Br2ClO. The van der Waals surface area contributed by atoms with Crippen LogP contribution in [-0.4, -0.2) is 5.11 Å². The maximum Gasteiger partial charge on any atom is 0.149 e. The molecule has 0 aromatic heterocycles. The van der Waals surface area contributed by atoms with Crippen molar-refractivity contribution in [2.45, 2.75) is 6.92 Å². The molecule has 1 rings (SSSR count). The van der Waals surface area contributed by atoms with Crippen molar-refractivity contribution in [3.8, 4) is 5.75 Å². The average molecular weight is 300 g/mol. The van der Waals surface area contributed by atoms with Gasteiger partial charge in [-0.3, -0.25) is 0 Å². The summed E-state index contributed by atoms with van der Waals surface area (Å²) in [6.07, 6.45) is 0. The van der Waals surface area contributed by atoms with Crippen molar-refractivity contribution in [1.82, 2.24) is 0 Å². The highest BCUT2D eigenvalue weighted by Crippen LogP contribution is 2.39. The summed E-state index contributed by atoms with van der Waals surface area (Å²) in [4.78, 5) is 0. The van der Waals surface area contributed by atoms with Gasteiger partial charge in [0, 0.05) is 4.47 Å². The highest BCUT2D eigenvalue weighted by Gasteiger charge is 2.09. The maximum atomic E-state index is 9.30. The summed E-state index contributed by atoms with van der Waals surface area (Å²) in [5.41, 5.74) is 0.986. The molecule has 0 aliphatic heterocycles. The van der Waals surface area contributed by atoms with Crippen LogP contribution in [-0.2, 0) is 0 Å². The first-order chi connectivity index (χ1) is 5.04. The Morgan fingerprint density at radius 1 is 1.45 bits per heavy atom.